The van der Waals surface area contributed by atoms with Crippen molar-refractivity contribution in [3.8, 4) is 0 Å². The van der Waals surface area contributed by atoms with Crippen molar-refractivity contribution in [3.05, 3.63) is 29.6 Å². The summed E-state index contributed by atoms with van der Waals surface area (Å²) in [7, 11) is 1.72. The van der Waals surface area contributed by atoms with Crippen LogP contribution in [0.4, 0.5) is 10.1 Å². The van der Waals surface area contributed by atoms with Gasteiger partial charge in [-0.25, -0.2) is 4.39 Å². The van der Waals surface area contributed by atoms with E-state index in [4.69, 9.17) is 0 Å². The largest absolute Gasteiger partial charge is 0.392 e. The second-order valence-corrected chi connectivity index (χ2v) is 4.12. The first kappa shape index (κ1) is 12.9. The maximum Gasteiger partial charge on any atom is 0.146 e. The van der Waals surface area contributed by atoms with Crippen molar-refractivity contribution in [1.29, 1.82) is 0 Å². The van der Waals surface area contributed by atoms with Crippen molar-refractivity contribution in [1.82, 2.24) is 0 Å². The molecule has 1 rings (SSSR count). The summed E-state index contributed by atoms with van der Waals surface area (Å²) in [5, 5.41) is 18.5. The fourth-order valence-corrected chi connectivity index (χ4v) is 1.59. The highest BCUT2D eigenvalue weighted by molar-refractivity contribution is 5.48. The molecule has 0 bridgehead atoms. The highest BCUT2D eigenvalue weighted by Crippen LogP contribution is 2.22. The topological polar surface area (TPSA) is 43.7 Å². The summed E-state index contributed by atoms with van der Waals surface area (Å²) in [6.07, 6.45) is -1.19. The molecule has 2 atom stereocenters. The standard InChI is InChI=1S/C12H18FNO2/c1-8(15)7-14(3)12-5-4-10(9(2)16)6-11(12)13/h4-6,8-9,15-16H,7H2,1-3H3. The third-order valence-corrected chi connectivity index (χ3v) is 2.40. The quantitative estimate of drug-likeness (QED) is 0.822. The zero-order valence-corrected chi connectivity index (χ0v) is 9.81. The van der Waals surface area contributed by atoms with Gasteiger partial charge in [-0.1, -0.05) is 6.07 Å². The second-order valence-electron chi connectivity index (χ2n) is 4.12. The summed E-state index contributed by atoms with van der Waals surface area (Å²) < 4.78 is 13.7. The molecule has 4 heteroatoms. The molecule has 0 aromatic heterocycles. The molecular weight excluding hydrogens is 209 g/mol. The highest BCUT2D eigenvalue weighted by Gasteiger charge is 2.11. The van der Waals surface area contributed by atoms with Crippen LogP contribution in [-0.2, 0) is 0 Å². The molecule has 0 aliphatic carbocycles. The summed E-state index contributed by atoms with van der Waals surface area (Å²) in [5.74, 6) is -0.387. The molecule has 0 radical (unpaired) electrons. The van der Waals surface area contributed by atoms with Gasteiger partial charge in [-0.05, 0) is 31.5 Å². The lowest BCUT2D eigenvalue weighted by Crippen LogP contribution is -2.27. The van der Waals surface area contributed by atoms with Gasteiger partial charge in [0.05, 0.1) is 17.9 Å². The third-order valence-electron chi connectivity index (χ3n) is 2.40. The molecule has 0 saturated heterocycles. The Labute approximate surface area is 95.1 Å². The summed E-state index contributed by atoms with van der Waals surface area (Å²) >= 11 is 0. The van der Waals surface area contributed by atoms with E-state index in [-0.39, 0.29) is 5.82 Å². The second kappa shape index (κ2) is 5.27. The van der Waals surface area contributed by atoms with E-state index in [0.29, 0.717) is 17.8 Å². The van der Waals surface area contributed by atoms with E-state index in [1.54, 1.807) is 37.9 Å². The van der Waals surface area contributed by atoms with E-state index >= 15 is 0 Å². The fraction of sp³-hybridized carbons (Fsp3) is 0.500. The van der Waals surface area contributed by atoms with Gasteiger partial charge < -0.3 is 15.1 Å². The van der Waals surface area contributed by atoms with E-state index in [2.05, 4.69) is 0 Å². The van der Waals surface area contributed by atoms with Gasteiger partial charge in [-0.15, -0.1) is 0 Å². The Morgan fingerprint density at radius 3 is 2.38 bits per heavy atom. The van der Waals surface area contributed by atoms with Gasteiger partial charge in [-0.3, -0.25) is 0 Å². The van der Waals surface area contributed by atoms with Gasteiger partial charge in [-0.2, -0.15) is 0 Å². The van der Waals surface area contributed by atoms with Crippen molar-refractivity contribution in [3.63, 3.8) is 0 Å². The maximum absolute atomic E-state index is 13.7. The highest BCUT2D eigenvalue weighted by atomic mass is 19.1. The lowest BCUT2D eigenvalue weighted by molar-refractivity contribution is 0.198. The molecule has 0 saturated carbocycles. The number of hydrogen-bond acceptors (Lipinski definition) is 3. The molecule has 0 amide bonds. The lowest BCUT2D eigenvalue weighted by atomic mass is 10.1. The molecule has 1 aromatic carbocycles. The molecule has 16 heavy (non-hydrogen) atoms. The molecule has 90 valence electrons. The van der Waals surface area contributed by atoms with Gasteiger partial charge in [0.1, 0.15) is 5.82 Å². The van der Waals surface area contributed by atoms with Crippen LogP contribution < -0.4 is 4.90 Å². The minimum absolute atomic E-state index is 0.366. The molecule has 3 nitrogen and oxygen atoms in total. The number of rotatable bonds is 4. The molecule has 2 N–H and O–H groups in total. The number of hydrogen-bond donors (Lipinski definition) is 2. The average molecular weight is 227 g/mol. The van der Waals surface area contributed by atoms with E-state index in [9.17, 15) is 14.6 Å². The third kappa shape index (κ3) is 3.18. The molecule has 0 heterocycles. The number of benzene rings is 1. The van der Waals surface area contributed by atoms with Gasteiger partial charge in [0.2, 0.25) is 0 Å². The summed E-state index contributed by atoms with van der Waals surface area (Å²) in [5.41, 5.74) is 0.969. The van der Waals surface area contributed by atoms with Crippen LogP contribution in [0.3, 0.4) is 0 Å². The molecule has 0 aliphatic rings. The Bertz CT molecular complexity index is 353. The summed E-state index contributed by atoms with van der Waals surface area (Å²) in [6.45, 7) is 3.61. The van der Waals surface area contributed by atoms with Crippen LogP contribution >= 0.6 is 0 Å². The van der Waals surface area contributed by atoms with Gasteiger partial charge in [0, 0.05) is 13.6 Å². The SMILES string of the molecule is CC(O)CN(C)c1ccc(C(C)O)cc1F. The van der Waals surface area contributed by atoms with E-state index in [1.165, 1.54) is 6.07 Å². The minimum Gasteiger partial charge on any atom is -0.392 e. The number of likely N-dealkylation sites (N-methyl/N-ethyl adjacent to an activating group) is 1. The van der Waals surface area contributed by atoms with Crippen molar-refractivity contribution < 1.29 is 14.6 Å². The normalized spacial score (nSPS) is 14.6. The first-order valence-electron chi connectivity index (χ1n) is 5.28. The summed E-state index contributed by atoms with van der Waals surface area (Å²) in [4.78, 5) is 1.64. The number of aliphatic hydroxyl groups is 2. The number of aliphatic hydroxyl groups excluding tert-OH is 2. The van der Waals surface area contributed by atoms with Crippen LogP contribution in [-0.4, -0.2) is 29.9 Å². The zero-order chi connectivity index (χ0) is 12.3. The Balaban J connectivity index is 2.90. The Morgan fingerprint density at radius 1 is 1.31 bits per heavy atom. The van der Waals surface area contributed by atoms with Crippen molar-refractivity contribution >= 4 is 5.69 Å². The number of nitrogens with zero attached hydrogens (tertiary/aromatic N) is 1. The van der Waals surface area contributed by atoms with Gasteiger partial charge in [0.15, 0.2) is 0 Å². The molecule has 2 unspecified atom stereocenters. The monoisotopic (exact) mass is 227 g/mol. The minimum atomic E-state index is -0.675. The maximum atomic E-state index is 13.7. The van der Waals surface area contributed by atoms with E-state index in [1.807, 2.05) is 0 Å². The Morgan fingerprint density at radius 2 is 1.94 bits per heavy atom. The predicted molar refractivity (Wildman–Crippen MR) is 62.0 cm³/mol. The first-order valence-corrected chi connectivity index (χ1v) is 5.28. The van der Waals surface area contributed by atoms with Crippen LogP contribution in [0.2, 0.25) is 0 Å². The Hall–Kier alpha value is -1.13. The lowest BCUT2D eigenvalue weighted by Gasteiger charge is -2.22. The smallest absolute Gasteiger partial charge is 0.146 e. The molecular formula is C12H18FNO2. The van der Waals surface area contributed by atoms with Gasteiger partial charge >= 0.3 is 0 Å². The molecule has 0 aliphatic heterocycles. The first-order chi connectivity index (χ1) is 7.41. The van der Waals surface area contributed by atoms with Crippen LogP contribution in [0.25, 0.3) is 0 Å². The van der Waals surface area contributed by atoms with Crippen LogP contribution in [0, 0.1) is 5.82 Å². The van der Waals surface area contributed by atoms with Crippen molar-refractivity contribution in [2.75, 3.05) is 18.5 Å². The van der Waals surface area contributed by atoms with Crippen molar-refractivity contribution in [2.24, 2.45) is 0 Å². The van der Waals surface area contributed by atoms with E-state index in [0.717, 1.165) is 0 Å². The van der Waals surface area contributed by atoms with Gasteiger partial charge in [0.25, 0.3) is 0 Å². The van der Waals surface area contributed by atoms with E-state index < -0.39 is 12.2 Å². The van der Waals surface area contributed by atoms with Crippen LogP contribution in [0.5, 0.6) is 0 Å². The number of anilines is 1. The zero-order valence-electron chi connectivity index (χ0n) is 9.81. The predicted octanol–water partition coefficient (Wildman–Crippen LogP) is 1.70. The van der Waals surface area contributed by atoms with Crippen LogP contribution in [0.1, 0.15) is 25.5 Å². The molecule has 0 spiro atoms. The number of halogens is 1. The fourth-order valence-electron chi connectivity index (χ4n) is 1.59. The Kier molecular flexibility index (Phi) is 4.26. The summed E-state index contributed by atoms with van der Waals surface area (Å²) in [6, 6.07) is 4.61. The van der Waals surface area contributed by atoms with Crippen LogP contribution in [0.15, 0.2) is 18.2 Å². The molecule has 1 aromatic rings. The van der Waals surface area contributed by atoms with Crippen molar-refractivity contribution in [2.45, 2.75) is 26.1 Å². The molecule has 0 fully saturated rings. The average Bonchev–Trinajstić information content (AvgIpc) is 2.15.